The first-order valence-electron chi connectivity index (χ1n) is 7.42. The van der Waals surface area contributed by atoms with Gasteiger partial charge in [0.25, 0.3) is 0 Å². The molecule has 1 aromatic heterocycles. The molecule has 1 aromatic rings. The third-order valence-electron chi connectivity index (χ3n) is 5.11. The minimum Gasteiger partial charge on any atom is -0.329 e. The van der Waals surface area contributed by atoms with Crippen LogP contribution in [0.1, 0.15) is 49.4 Å². The zero-order chi connectivity index (χ0) is 13.3. The van der Waals surface area contributed by atoms with E-state index in [0.717, 1.165) is 4.34 Å². The molecule has 19 heavy (non-hydrogen) atoms. The minimum atomic E-state index is 0.372. The van der Waals surface area contributed by atoms with Crippen LogP contribution in [0.25, 0.3) is 0 Å². The molecule has 0 bridgehead atoms. The first-order chi connectivity index (χ1) is 9.22. The SMILES string of the molecule is NCC(c1ccc(Cl)s1)N1CCC2(CCCC2)CC1. The van der Waals surface area contributed by atoms with Crippen LogP contribution in [0, 0.1) is 5.41 Å². The van der Waals surface area contributed by atoms with E-state index in [1.54, 1.807) is 11.3 Å². The average Bonchev–Trinajstić information content (AvgIpc) is 3.03. The van der Waals surface area contributed by atoms with Gasteiger partial charge in [-0.05, 0) is 56.3 Å². The van der Waals surface area contributed by atoms with Crippen LogP contribution in [-0.2, 0) is 0 Å². The van der Waals surface area contributed by atoms with Gasteiger partial charge in [-0.1, -0.05) is 24.4 Å². The first-order valence-corrected chi connectivity index (χ1v) is 8.61. The second kappa shape index (κ2) is 5.72. The van der Waals surface area contributed by atoms with Crippen molar-refractivity contribution in [3.05, 3.63) is 21.3 Å². The number of likely N-dealkylation sites (tertiary alicyclic amines) is 1. The summed E-state index contributed by atoms with van der Waals surface area (Å²) in [5.41, 5.74) is 6.70. The van der Waals surface area contributed by atoms with Crippen LogP contribution < -0.4 is 5.73 Å². The molecule has 2 heterocycles. The van der Waals surface area contributed by atoms with Gasteiger partial charge in [-0.25, -0.2) is 0 Å². The Morgan fingerprint density at radius 1 is 1.21 bits per heavy atom. The van der Waals surface area contributed by atoms with Gasteiger partial charge in [-0.15, -0.1) is 11.3 Å². The molecule has 1 aliphatic carbocycles. The Morgan fingerprint density at radius 3 is 2.42 bits per heavy atom. The normalized spacial score (nSPS) is 24.9. The lowest BCUT2D eigenvalue weighted by atomic mass is 9.77. The summed E-state index contributed by atoms with van der Waals surface area (Å²) in [6, 6.07) is 4.51. The molecule has 1 atom stereocenters. The number of hydrogen-bond acceptors (Lipinski definition) is 3. The van der Waals surface area contributed by atoms with E-state index in [9.17, 15) is 0 Å². The van der Waals surface area contributed by atoms with E-state index in [4.69, 9.17) is 17.3 Å². The third kappa shape index (κ3) is 2.85. The highest BCUT2D eigenvalue weighted by molar-refractivity contribution is 7.16. The fraction of sp³-hybridized carbons (Fsp3) is 0.733. The zero-order valence-corrected chi connectivity index (χ0v) is 13.0. The van der Waals surface area contributed by atoms with Crippen molar-refractivity contribution in [3.8, 4) is 0 Å². The lowest BCUT2D eigenvalue weighted by Gasteiger charge is -2.42. The van der Waals surface area contributed by atoms with Crippen molar-refractivity contribution in [1.82, 2.24) is 4.90 Å². The highest BCUT2D eigenvalue weighted by atomic mass is 35.5. The lowest BCUT2D eigenvalue weighted by molar-refractivity contribution is 0.0791. The van der Waals surface area contributed by atoms with Crippen LogP contribution in [0.2, 0.25) is 4.34 Å². The molecule has 1 unspecified atom stereocenters. The van der Waals surface area contributed by atoms with Gasteiger partial charge in [0.1, 0.15) is 0 Å². The first kappa shape index (κ1) is 13.9. The maximum atomic E-state index is 6.06. The second-order valence-corrected chi connectivity index (χ2v) is 7.88. The highest BCUT2D eigenvalue weighted by Gasteiger charge is 2.38. The lowest BCUT2D eigenvalue weighted by Crippen LogP contribution is -2.42. The summed E-state index contributed by atoms with van der Waals surface area (Å²) < 4.78 is 0.873. The smallest absolute Gasteiger partial charge is 0.0931 e. The van der Waals surface area contributed by atoms with Crippen molar-refractivity contribution < 1.29 is 0 Å². The van der Waals surface area contributed by atoms with Gasteiger partial charge in [0.15, 0.2) is 0 Å². The van der Waals surface area contributed by atoms with Gasteiger partial charge in [0.2, 0.25) is 0 Å². The number of piperidine rings is 1. The van der Waals surface area contributed by atoms with Crippen molar-refractivity contribution in [1.29, 1.82) is 0 Å². The molecular formula is C15H23ClN2S. The van der Waals surface area contributed by atoms with Crippen molar-refractivity contribution in [2.24, 2.45) is 11.1 Å². The van der Waals surface area contributed by atoms with Crippen molar-refractivity contribution in [2.75, 3.05) is 19.6 Å². The second-order valence-electron chi connectivity index (χ2n) is 6.14. The molecule has 1 saturated heterocycles. The predicted octanol–water partition coefficient (Wildman–Crippen LogP) is 4.06. The molecule has 2 fully saturated rings. The summed E-state index contributed by atoms with van der Waals surface area (Å²) in [7, 11) is 0. The minimum absolute atomic E-state index is 0.372. The molecule has 1 spiro atoms. The number of halogens is 1. The van der Waals surface area contributed by atoms with Crippen LogP contribution in [0.4, 0.5) is 0 Å². The number of hydrogen-bond donors (Lipinski definition) is 1. The van der Waals surface area contributed by atoms with Crippen LogP contribution in [0.5, 0.6) is 0 Å². The summed E-state index contributed by atoms with van der Waals surface area (Å²) in [6.07, 6.45) is 8.53. The molecular weight excluding hydrogens is 276 g/mol. The number of nitrogens with zero attached hydrogens (tertiary/aromatic N) is 1. The predicted molar refractivity (Wildman–Crippen MR) is 82.8 cm³/mol. The largest absolute Gasteiger partial charge is 0.329 e. The topological polar surface area (TPSA) is 29.3 Å². The molecule has 1 saturated carbocycles. The molecule has 0 amide bonds. The summed E-state index contributed by atoms with van der Waals surface area (Å²) in [4.78, 5) is 3.90. The Labute approximate surface area is 124 Å². The Kier molecular flexibility index (Phi) is 4.18. The molecule has 0 radical (unpaired) electrons. The Morgan fingerprint density at radius 2 is 1.89 bits per heavy atom. The van der Waals surface area contributed by atoms with Crippen molar-refractivity contribution in [3.63, 3.8) is 0 Å². The summed E-state index contributed by atoms with van der Waals surface area (Å²) in [6.45, 7) is 3.11. The quantitative estimate of drug-likeness (QED) is 0.912. The van der Waals surface area contributed by atoms with Gasteiger partial charge < -0.3 is 5.73 Å². The van der Waals surface area contributed by atoms with Gasteiger partial charge in [-0.3, -0.25) is 4.90 Å². The van der Waals surface area contributed by atoms with Gasteiger partial charge >= 0.3 is 0 Å². The Balaban J connectivity index is 1.66. The summed E-state index contributed by atoms with van der Waals surface area (Å²) in [5, 5.41) is 0. The average molecular weight is 299 g/mol. The van der Waals surface area contributed by atoms with E-state index in [1.165, 1.54) is 56.5 Å². The summed E-state index contributed by atoms with van der Waals surface area (Å²) in [5.74, 6) is 0. The standard InChI is InChI=1S/C15H23ClN2S/c16-14-4-3-13(19-14)12(11-17)18-9-7-15(8-10-18)5-1-2-6-15/h3-4,12H,1-2,5-11,17H2. The van der Waals surface area contributed by atoms with Crippen LogP contribution in [0.15, 0.2) is 12.1 Å². The third-order valence-corrected chi connectivity index (χ3v) is 6.44. The molecule has 3 rings (SSSR count). The fourth-order valence-corrected chi connectivity index (χ4v) is 5.10. The van der Waals surface area contributed by atoms with Gasteiger partial charge in [-0.2, -0.15) is 0 Å². The van der Waals surface area contributed by atoms with E-state index in [-0.39, 0.29) is 0 Å². The number of thiophene rings is 1. The Bertz CT molecular complexity index is 416. The number of nitrogens with two attached hydrogens (primary N) is 1. The molecule has 1 aliphatic heterocycles. The van der Waals surface area contributed by atoms with E-state index < -0.39 is 0 Å². The molecule has 2 nitrogen and oxygen atoms in total. The van der Waals surface area contributed by atoms with Gasteiger partial charge in [0, 0.05) is 11.4 Å². The van der Waals surface area contributed by atoms with E-state index in [0.29, 0.717) is 18.0 Å². The molecule has 2 aliphatic rings. The van der Waals surface area contributed by atoms with Gasteiger partial charge in [0.05, 0.1) is 10.4 Å². The van der Waals surface area contributed by atoms with Crippen LogP contribution in [0.3, 0.4) is 0 Å². The van der Waals surface area contributed by atoms with Crippen molar-refractivity contribution >= 4 is 22.9 Å². The van der Waals surface area contributed by atoms with Crippen LogP contribution in [-0.4, -0.2) is 24.5 Å². The maximum absolute atomic E-state index is 6.06. The molecule has 4 heteroatoms. The van der Waals surface area contributed by atoms with E-state index in [1.807, 2.05) is 6.07 Å². The van der Waals surface area contributed by atoms with E-state index in [2.05, 4.69) is 11.0 Å². The zero-order valence-electron chi connectivity index (χ0n) is 11.4. The monoisotopic (exact) mass is 298 g/mol. The van der Waals surface area contributed by atoms with E-state index >= 15 is 0 Å². The fourth-order valence-electron chi connectivity index (χ4n) is 3.89. The van der Waals surface area contributed by atoms with Crippen LogP contribution >= 0.6 is 22.9 Å². The molecule has 2 N–H and O–H groups in total. The molecule has 106 valence electrons. The van der Waals surface area contributed by atoms with Crippen molar-refractivity contribution in [2.45, 2.75) is 44.6 Å². The maximum Gasteiger partial charge on any atom is 0.0931 e. The summed E-state index contributed by atoms with van der Waals surface area (Å²) >= 11 is 7.74. The Hall–Kier alpha value is -0.0900. The molecule has 0 aromatic carbocycles. The highest BCUT2D eigenvalue weighted by Crippen LogP contribution is 2.47. The number of rotatable bonds is 3.